The summed E-state index contributed by atoms with van der Waals surface area (Å²) < 4.78 is 1.78. The molecule has 8 heteroatoms. The minimum absolute atomic E-state index is 0.203. The molecule has 1 aromatic carbocycles. The molecule has 0 fully saturated rings. The molecule has 0 atom stereocenters. The Kier molecular flexibility index (Phi) is 4.43. The smallest absolute Gasteiger partial charge is 0.335 e. The zero-order valence-electron chi connectivity index (χ0n) is 12.8. The summed E-state index contributed by atoms with van der Waals surface area (Å²) in [7, 11) is 0. The van der Waals surface area contributed by atoms with Gasteiger partial charge in [-0.1, -0.05) is 23.7 Å². The van der Waals surface area contributed by atoms with Crippen LogP contribution in [-0.4, -0.2) is 30.8 Å². The van der Waals surface area contributed by atoms with E-state index in [0.29, 0.717) is 22.2 Å². The Hall–Kier alpha value is -2.93. The Labute approximate surface area is 142 Å². The first-order chi connectivity index (χ1) is 11.6. The van der Waals surface area contributed by atoms with Crippen LogP contribution < -0.4 is 5.32 Å². The molecule has 0 radical (unpaired) electrons. The number of anilines is 2. The van der Waals surface area contributed by atoms with Gasteiger partial charge in [-0.15, -0.1) is 0 Å². The molecule has 2 aromatic heterocycles. The maximum atomic E-state index is 10.9. The third-order valence-corrected chi connectivity index (χ3v) is 3.64. The Bertz CT molecular complexity index is 876. The van der Waals surface area contributed by atoms with E-state index in [2.05, 4.69) is 20.4 Å². The summed E-state index contributed by atoms with van der Waals surface area (Å²) in [5.41, 5.74) is 2.20. The molecule has 0 bridgehead atoms. The standard InChI is InChI=1S/C16H14ClN5O2/c1-2-22-9-12(7-19-22)20-16-18-8-13(17)14(21-16)10-3-5-11(6-4-10)15(23)24/h3-9H,2H2,1H3,(H,23,24)(H,18,20,21). The third-order valence-electron chi connectivity index (χ3n) is 3.36. The second-order valence-corrected chi connectivity index (χ2v) is 5.39. The van der Waals surface area contributed by atoms with E-state index < -0.39 is 5.97 Å². The lowest BCUT2D eigenvalue weighted by molar-refractivity contribution is 0.0697. The molecular weight excluding hydrogens is 330 g/mol. The number of hydrogen-bond acceptors (Lipinski definition) is 5. The van der Waals surface area contributed by atoms with Crippen LogP contribution in [0.4, 0.5) is 11.6 Å². The van der Waals surface area contributed by atoms with Crippen LogP contribution in [0.15, 0.2) is 42.9 Å². The average molecular weight is 344 g/mol. The SMILES string of the molecule is CCn1cc(Nc2ncc(Cl)c(-c3ccc(C(=O)O)cc3)n2)cn1. The summed E-state index contributed by atoms with van der Waals surface area (Å²) in [6, 6.07) is 6.34. The Morgan fingerprint density at radius 3 is 2.67 bits per heavy atom. The van der Waals surface area contributed by atoms with Crippen molar-refractivity contribution in [2.45, 2.75) is 13.5 Å². The van der Waals surface area contributed by atoms with Gasteiger partial charge in [0.25, 0.3) is 0 Å². The van der Waals surface area contributed by atoms with Gasteiger partial charge in [-0.05, 0) is 19.1 Å². The van der Waals surface area contributed by atoms with Crippen LogP contribution in [-0.2, 0) is 6.54 Å². The number of carboxylic acids is 1. The maximum absolute atomic E-state index is 10.9. The van der Waals surface area contributed by atoms with Gasteiger partial charge in [0.05, 0.1) is 34.4 Å². The van der Waals surface area contributed by atoms with Gasteiger partial charge < -0.3 is 10.4 Å². The topological polar surface area (TPSA) is 92.9 Å². The maximum Gasteiger partial charge on any atom is 0.335 e. The minimum Gasteiger partial charge on any atom is -0.478 e. The lowest BCUT2D eigenvalue weighted by atomic mass is 10.1. The van der Waals surface area contributed by atoms with Crippen LogP contribution in [0, 0.1) is 0 Å². The van der Waals surface area contributed by atoms with E-state index in [9.17, 15) is 4.79 Å². The van der Waals surface area contributed by atoms with Crippen LogP contribution in [0.2, 0.25) is 5.02 Å². The van der Waals surface area contributed by atoms with Gasteiger partial charge in [0.2, 0.25) is 5.95 Å². The number of nitrogens with one attached hydrogen (secondary N) is 1. The van der Waals surface area contributed by atoms with E-state index in [0.717, 1.165) is 12.2 Å². The monoisotopic (exact) mass is 343 g/mol. The molecular formula is C16H14ClN5O2. The Morgan fingerprint density at radius 1 is 1.29 bits per heavy atom. The second-order valence-electron chi connectivity index (χ2n) is 4.98. The van der Waals surface area contributed by atoms with E-state index in [-0.39, 0.29) is 5.56 Å². The summed E-state index contributed by atoms with van der Waals surface area (Å²) in [6.07, 6.45) is 5.03. The summed E-state index contributed by atoms with van der Waals surface area (Å²) in [5, 5.41) is 16.6. The number of hydrogen-bond donors (Lipinski definition) is 2. The van der Waals surface area contributed by atoms with Crippen molar-refractivity contribution >= 4 is 29.2 Å². The third kappa shape index (κ3) is 3.36. The highest BCUT2D eigenvalue weighted by Crippen LogP contribution is 2.27. The fourth-order valence-corrected chi connectivity index (χ4v) is 2.33. The highest BCUT2D eigenvalue weighted by atomic mass is 35.5. The molecule has 7 nitrogen and oxygen atoms in total. The fourth-order valence-electron chi connectivity index (χ4n) is 2.13. The van der Waals surface area contributed by atoms with E-state index in [4.69, 9.17) is 16.7 Å². The zero-order chi connectivity index (χ0) is 17.1. The zero-order valence-corrected chi connectivity index (χ0v) is 13.5. The summed E-state index contributed by atoms with van der Waals surface area (Å²) in [5.74, 6) is -0.599. The molecule has 2 N–H and O–H groups in total. The van der Waals surface area contributed by atoms with E-state index in [1.165, 1.54) is 18.3 Å². The molecule has 24 heavy (non-hydrogen) atoms. The van der Waals surface area contributed by atoms with Crippen molar-refractivity contribution in [1.82, 2.24) is 19.7 Å². The molecule has 3 rings (SSSR count). The molecule has 0 aliphatic heterocycles. The first kappa shape index (κ1) is 15.9. The van der Waals surface area contributed by atoms with Crippen molar-refractivity contribution in [2.75, 3.05) is 5.32 Å². The van der Waals surface area contributed by atoms with Crippen LogP contribution in [0.5, 0.6) is 0 Å². The summed E-state index contributed by atoms with van der Waals surface area (Å²) >= 11 is 6.18. The van der Waals surface area contributed by atoms with E-state index in [1.54, 1.807) is 23.0 Å². The number of carbonyl (C=O) groups is 1. The predicted molar refractivity (Wildman–Crippen MR) is 90.6 cm³/mol. The molecule has 0 unspecified atom stereocenters. The Balaban J connectivity index is 1.89. The van der Waals surface area contributed by atoms with Crippen LogP contribution in [0.3, 0.4) is 0 Å². The van der Waals surface area contributed by atoms with E-state index >= 15 is 0 Å². The fraction of sp³-hybridized carbons (Fsp3) is 0.125. The van der Waals surface area contributed by atoms with Crippen molar-refractivity contribution in [3.8, 4) is 11.3 Å². The molecule has 0 aliphatic carbocycles. The largest absolute Gasteiger partial charge is 0.478 e. The van der Waals surface area contributed by atoms with Crippen LogP contribution >= 0.6 is 11.6 Å². The van der Waals surface area contributed by atoms with E-state index in [1.807, 2.05) is 13.1 Å². The molecule has 0 saturated carbocycles. The van der Waals surface area contributed by atoms with Gasteiger partial charge >= 0.3 is 5.97 Å². The summed E-state index contributed by atoms with van der Waals surface area (Å²) in [4.78, 5) is 19.5. The average Bonchev–Trinajstić information content (AvgIpc) is 3.04. The number of aryl methyl sites for hydroxylation is 1. The number of nitrogens with zero attached hydrogens (tertiary/aromatic N) is 4. The number of rotatable bonds is 5. The molecule has 122 valence electrons. The summed E-state index contributed by atoms with van der Waals surface area (Å²) in [6.45, 7) is 2.76. The van der Waals surface area contributed by atoms with Crippen LogP contribution in [0.25, 0.3) is 11.3 Å². The lowest BCUT2D eigenvalue weighted by Crippen LogP contribution is -1.99. The molecule has 2 heterocycles. The number of aromatic carboxylic acids is 1. The van der Waals surface area contributed by atoms with Gasteiger partial charge in [-0.25, -0.2) is 14.8 Å². The highest BCUT2D eigenvalue weighted by molar-refractivity contribution is 6.32. The lowest BCUT2D eigenvalue weighted by Gasteiger charge is -2.07. The van der Waals surface area contributed by atoms with Crippen LogP contribution in [0.1, 0.15) is 17.3 Å². The number of aromatic nitrogens is 4. The van der Waals surface area contributed by atoms with Crippen molar-refractivity contribution in [2.24, 2.45) is 0 Å². The first-order valence-corrected chi connectivity index (χ1v) is 7.60. The number of benzene rings is 1. The van der Waals surface area contributed by atoms with Gasteiger partial charge in [-0.3, -0.25) is 4.68 Å². The predicted octanol–water partition coefficient (Wildman–Crippen LogP) is 3.46. The molecule has 0 aliphatic rings. The van der Waals surface area contributed by atoms with Gasteiger partial charge in [-0.2, -0.15) is 5.10 Å². The van der Waals surface area contributed by atoms with Crippen molar-refractivity contribution in [3.63, 3.8) is 0 Å². The first-order valence-electron chi connectivity index (χ1n) is 7.22. The number of halogens is 1. The molecule has 3 aromatic rings. The highest BCUT2D eigenvalue weighted by Gasteiger charge is 2.10. The molecule has 0 saturated heterocycles. The molecule has 0 spiro atoms. The van der Waals surface area contributed by atoms with Gasteiger partial charge in [0.1, 0.15) is 0 Å². The molecule has 0 amide bonds. The Morgan fingerprint density at radius 2 is 2.04 bits per heavy atom. The van der Waals surface area contributed by atoms with Crippen molar-refractivity contribution < 1.29 is 9.90 Å². The minimum atomic E-state index is -0.981. The van der Waals surface area contributed by atoms with Gasteiger partial charge in [0.15, 0.2) is 0 Å². The van der Waals surface area contributed by atoms with Crippen molar-refractivity contribution in [3.05, 3.63) is 53.4 Å². The normalized spacial score (nSPS) is 10.6. The van der Waals surface area contributed by atoms with Crippen molar-refractivity contribution in [1.29, 1.82) is 0 Å². The number of carboxylic acid groups (broad SMARTS) is 1. The second kappa shape index (κ2) is 6.67. The quantitative estimate of drug-likeness (QED) is 0.737. The van der Waals surface area contributed by atoms with Gasteiger partial charge in [0, 0.05) is 18.3 Å².